The van der Waals surface area contributed by atoms with Crippen molar-refractivity contribution in [1.82, 2.24) is 4.98 Å². The first kappa shape index (κ1) is 9.64. The SMILES string of the molecule is CCOC(=O)c1cc(C)cc(F)n1. The fourth-order valence-electron chi connectivity index (χ4n) is 0.934. The van der Waals surface area contributed by atoms with Crippen molar-refractivity contribution in [3.05, 3.63) is 29.3 Å². The number of aryl methyl sites for hydroxylation is 1. The monoisotopic (exact) mass is 183 g/mol. The minimum atomic E-state index is -0.664. The molecule has 0 unspecified atom stereocenters. The summed E-state index contributed by atoms with van der Waals surface area (Å²) in [6.45, 7) is 3.63. The molecule has 0 N–H and O–H groups in total. The highest BCUT2D eigenvalue weighted by Gasteiger charge is 2.09. The second kappa shape index (κ2) is 3.98. The molecule has 0 fully saturated rings. The van der Waals surface area contributed by atoms with Gasteiger partial charge in [0.25, 0.3) is 0 Å². The van der Waals surface area contributed by atoms with Gasteiger partial charge in [0.05, 0.1) is 6.61 Å². The van der Waals surface area contributed by atoms with Gasteiger partial charge in [0, 0.05) is 0 Å². The lowest BCUT2D eigenvalue weighted by atomic mass is 10.2. The van der Waals surface area contributed by atoms with Crippen LogP contribution in [0.2, 0.25) is 0 Å². The number of hydrogen-bond donors (Lipinski definition) is 0. The van der Waals surface area contributed by atoms with E-state index in [1.165, 1.54) is 12.1 Å². The largest absolute Gasteiger partial charge is 0.461 e. The van der Waals surface area contributed by atoms with E-state index in [9.17, 15) is 9.18 Å². The summed E-state index contributed by atoms with van der Waals surface area (Å²) in [5.41, 5.74) is 0.662. The van der Waals surface area contributed by atoms with E-state index in [0.29, 0.717) is 5.56 Å². The third kappa shape index (κ3) is 2.50. The molecule has 1 rings (SSSR count). The molecular formula is C9H10FNO2. The van der Waals surface area contributed by atoms with E-state index in [1.807, 2.05) is 0 Å². The summed E-state index contributed by atoms with van der Waals surface area (Å²) in [7, 11) is 0. The van der Waals surface area contributed by atoms with E-state index >= 15 is 0 Å². The molecule has 1 aromatic rings. The molecule has 0 saturated heterocycles. The number of esters is 1. The number of carbonyl (C=O) groups is 1. The Kier molecular flexibility index (Phi) is 2.95. The van der Waals surface area contributed by atoms with Crippen molar-refractivity contribution in [1.29, 1.82) is 0 Å². The normalized spacial score (nSPS) is 9.77. The molecule has 4 heteroatoms. The predicted octanol–water partition coefficient (Wildman–Crippen LogP) is 1.71. The molecule has 0 saturated carbocycles. The zero-order chi connectivity index (χ0) is 9.84. The maximum absolute atomic E-state index is 12.7. The van der Waals surface area contributed by atoms with Crippen LogP contribution in [0.3, 0.4) is 0 Å². The Bertz CT molecular complexity index is 305. The van der Waals surface area contributed by atoms with Crippen molar-refractivity contribution >= 4 is 5.97 Å². The zero-order valence-corrected chi connectivity index (χ0v) is 7.50. The highest BCUT2D eigenvalue weighted by atomic mass is 19.1. The molecule has 0 aliphatic heterocycles. The Hall–Kier alpha value is -1.45. The lowest BCUT2D eigenvalue weighted by Crippen LogP contribution is -2.08. The van der Waals surface area contributed by atoms with Crippen LogP contribution in [0.5, 0.6) is 0 Å². The van der Waals surface area contributed by atoms with Crippen LogP contribution >= 0.6 is 0 Å². The fraction of sp³-hybridized carbons (Fsp3) is 0.333. The average Bonchev–Trinajstić information content (AvgIpc) is 2.03. The molecule has 0 radical (unpaired) electrons. The summed E-state index contributed by atoms with van der Waals surface area (Å²) in [5.74, 6) is -1.26. The molecule has 1 heterocycles. The minimum Gasteiger partial charge on any atom is -0.461 e. The van der Waals surface area contributed by atoms with E-state index in [4.69, 9.17) is 0 Å². The molecule has 70 valence electrons. The average molecular weight is 183 g/mol. The maximum Gasteiger partial charge on any atom is 0.357 e. The third-order valence-corrected chi connectivity index (χ3v) is 1.42. The van der Waals surface area contributed by atoms with Crippen LogP contribution in [0.15, 0.2) is 12.1 Å². The summed E-state index contributed by atoms with van der Waals surface area (Å²) >= 11 is 0. The van der Waals surface area contributed by atoms with Crippen LogP contribution in [0.1, 0.15) is 23.0 Å². The zero-order valence-electron chi connectivity index (χ0n) is 7.50. The van der Waals surface area contributed by atoms with Crippen LogP contribution < -0.4 is 0 Å². The van der Waals surface area contributed by atoms with Gasteiger partial charge in [-0.05, 0) is 31.5 Å². The van der Waals surface area contributed by atoms with Gasteiger partial charge in [0.1, 0.15) is 0 Å². The number of ether oxygens (including phenoxy) is 1. The van der Waals surface area contributed by atoms with Gasteiger partial charge in [-0.2, -0.15) is 4.39 Å². The number of nitrogens with zero attached hydrogens (tertiary/aromatic N) is 1. The molecule has 0 aliphatic carbocycles. The van der Waals surface area contributed by atoms with E-state index in [0.717, 1.165) is 0 Å². The molecule has 0 atom stereocenters. The highest BCUT2D eigenvalue weighted by molar-refractivity contribution is 5.87. The van der Waals surface area contributed by atoms with Gasteiger partial charge in [-0.1, -0.05) is 0 Å². The Morgan fingerprint density at radius 1 is 1.62 bits per heavy atom. The van der Waals surface area contributed by atoms with E-state index in [2.05, 4.69) is 9.72 Å². The van der Waals surface area contributed by atoms with Gasteiger partial charge in [0.2, 0.25) is 5.95 Å². The first-order chi connectivity index (χ1) is 6.13. The van der Waals surface area contributed by atoms with Gasteiger partial charge in [-0.15, -0.1) is 0 Å². The van der Waals surface area contributed by atoms with Crippen LogP contribution in [-0.4, -0.2) is 17.6 Å². The van der Waals surface area contributed by atoms with E-state index in [-0.39, 0.29) is 12.3 Å². The van der Waals surface area contributed by atoms with Crippen LogP contribution in [0, 0.1) is 12.9 Å². The van der Waals surface area contributed by atoms with Crippen LogP contribution in [0.25, 0.3) is 0 Å². The molecule has 3 nitrogen and oxygen atoms in total. The molecule has 0 amide bonds. The Labute approximate surface area is 75.6 Å². The van der Waals surface area contributed by atoms with E-state index < -0.39 is 11.9 Å². The Morgan fingerprint density at radius 2 is 2.31 bits per heavy atom. The fourth-order valence-corrected chi connectivity index (χ4v) is 0.934. The van der Waals surface area contributed by atoms with Gasteiger partial charge in [-0.25, -0.2) is 9.78 Å². The summed E-state index contributed by atoms with van der Waals surface area (Å²) in [4.78, 5) is 14.5. The predicted molar refractivity (Wildman–Crippen MR) is 44.9 cm³/mol. The maximum atomic E-state index is 12.7. The van der Waals surface area contributed by atoms with Crippen molar-refractivity contribution < 1.29 is 13.9 Å². The van der Waals surface area contributed by atoms with Crippen molar-refractivity contribution in [3.8, 4) is 0 Å². The van der Waals surface area contributed by atoms with Crippen molar-refractivity contribution in [3.63, 3.8) is 0 Å². The lowest BCUT2D eigenvalue weighted by Gasteiger charge is -2.01. The Morgan fingerprint density at radius 3 is 2.85 bits per heavy atom. The first-order valence-corrected chi connectivity index (χ1v) is 3.94. The number of pyridine rings is 1. The molecule has 0 bridgehead atoms. The van der Waals surface area contributed by atoms with Crippen molar-refractivity contribution in [2.75, 3.05) is 6.61 Å². The van der Waals surface area contributed by atoms with E-state index in [1.54, 1.807) is 13.8 Å². The summed E-state index contributed by atoms with van der Waals surface area (Å²) in [6.07, 6.45) is 0. The van der Waals surface area contributed by atoms with Crippen molar-refractivity contribution in [2.24, 2.45) is 0 Å². The summed E-state index contributed by atoms with van der Waals surface area (Å²) < 4.78 is 17.4. The third-order valence-electron chi connectivity index (χ3n) is 1.42. The number of halogens is 1. The minimum absolute atomic E-state index is 0.0133. The molecule has 0 spiro atoms. The van der Waals surface area contributed by atoms with Gasteiger partial charge >= 0.3 is 5.97 Å². The van der Waals surface area contributed by atoms with Gasteiger partial charge in [0.15, 0.2) is 5.69 Å². The van der Waals surface area contributed by atoms with Gasteiger partial charge < -0.3 is 4.74 Å². The molecule has 1 aromatic heterocycles. The quantitative estimate of drug-likeness (QED) is 0.517. The molecule has 0 aromatic carbocycles. The Balaban J connectivity index is 2.94. The highest BCUT2D eigenvalue weighted by Crippen LogP contribution is 2.05. The molecular weight excluding hydrogens is 173 g/mol. The number of carbonyl (C=O) groups excluding carboxylic acids is 1. The number of aromatic nitrogens is 1. The lowest BCUT2D eigenvalue weighted by molar-refractivity contribution is 0.0518. The first-order valence-electron chi connectivity index (χ1n) is 3.94. The molecule has 13 heavy (non-hydrogen) atoms. The summed E-state index contributed by atoms with van der Waals surface area (Å²) in [5, 5.41) is 0. The van der Waals surface area contributed by atoms with Crippen molar-refractivity contribution in [2.45, 2.75) is 13.8 Å². The molecule has 0 aliphatic rings. The number of hydrogen-bond acceptors (Lipinski definition) is 3. The standard InChI is InChI=1S/C9H10FNO2/c1-3-13-9(12)7-4-6(2)5-8(10)11-7/h4-5H,3H2,1-2H3. The van der Waals surface area contributed by atoms with Crippen LogP contribution in [-0.2, 0) is 4.74 Å². The second-order valence-corrected chi connectivity index (χ2v) is 2.57. The summed E-state index contributed by atoms with van der Waals surface area (Å²) in [6, 6.07) is 2.74. The second-order valence-electron chi connectivity index (χ2n) is 2.57. The van der Waals surface area contributed by atoms with Crippen LogP contribution in [0.4, 0.5) is 4.39 Å². The van der Waals surface area contributed by atoms with Gasteiger partial charge in [-0.3, -0.25) is 0 Å². The number of rotatable bonds is 2. The smallest absolute Gasteiger partial charge is 0.357 e. The topological polar surface area (TPSA) is 39.2 Å².